The van der Waals surface area contributed by atoms with Gasteiger partial charge in [-0.05, 0) is 41.3 Å². The van der Waals surface area contributed by atoms with Crippen LogP contribution in [0.5, 0.6) is 5.75 Å². The number of halogens is 1. The first-order valence-electron chi connectivity index (χ1n) is 11.8. The number of phenols is 1. The number of hydrogen-bond acceptors (Lipinski definition) is 5. The van der Waals surface area contributed by atoms with Gasteiger partial charge in [0.1, 0.15) is 23.6 Å². The quantitative estimate of drug-likeness (QED) is 0.220. The van der Waals surface area contributed by atoms with Crippen LogP contribution in [0, 0.1) is 5.92 Å². The smallest absolute Gasteiger partial charge is 0.347 e. The lowest BCUT2D eigenvalue weighted by Crippen LogP contribution is -2.57. The first-order valence-corrected chi connectivity index (χ1v) is 13.8. The van der Waals surface area contributed by atoms with Crippen molar-refractivity contribution in [2.24, 2.45) is 5.92 Å². The second-order valence-corrected chi connectivity index (χ2v) is 11.2. The van der Waals surface area contributed by atoms with E-state index in [4.69, 9.17) is 11.6 Å². The lowest BCUT2D eigenvalue weighted by atomic mass is 9.97. The minimum Gasteiger partial charge on any atom is -0.508 e. The third kappa shape index (κ3) is 9.81. The van der Waals surface area contributed by atoms with Gasteiger partial charge in [-0.25, -0.2) is 0 Å². The fourth-order valence-corrected chi connectivity index (χ4v) is 4.49. The Morgan fingerprint density at radius 1 is 0.892 bits per heavy atom. The lowest BCUT2D eigenvalue weighted by molar-refractivity contribution is -0.132. The number of nitrogens with one attached hydrogen (secondary N) is 3. The summed E-state index contributed by atoms with van der Waals surface area (Å²) < 4.78 is 12.2. The van der Waals surface area contributed by atoms with Crippen molar-refractivity contribution in [2.75, 3.05) is 0 Å². The monoisotopic (exact) mass is 553 g/mol. The summed E-state index contributed by atoms with van der Waals surface area (Å²) in [6.45, 7) is 4.92. The van der Waals surface area contributed by atoms with Crippen LogP contribution in [0.3, 0.4) is 0 Å². The van der Waals surface area contributed by atoms with E-state index in [9.17, 15) is 33.8 Å². The van der Waals surface area contributed by atoms with Gasteiger partial charge in [-0.3, -0.25) is 18.9 Å². The number of amides is 3. The van der Waals surface area contributed by atoms with Gasteiger partial charge in [-0.1, -0.05) is 56.1 Å². The molecule has 202 valence electrons. The molecule has 2 aromatic carbocycles. The number of aromatic hydroxyl groups is 1. The summed E-state index contributed by atoms with van der Waals surface area (Å²) in [5.41, 5.74) is 1.13. The molecule has 0 aliphatic carbocycles. The SMILES string of the molecule is CC[C@H](C)[C@H](NC(C)=O)C(=O)N[C@@H](Cc1ccc(O)cc1)C(=O)N[C@H](Cc1ccc(Cl)cc1)P(=O)(O)O. The largest absolute Gasteiger partial charge is 0.508 e. The minimum atomic E-state index is -4.80. The predicted octanol–water partition coefficient (Wildman–Crippen LogP) is 2.49. The third-order valence-electron chi connectivity index (χ3n) is 5.92. The summed E-state index contributed by atoms with van der Waals surface area (Å²) in [5, 5.41) is 17.6. The Morgan fingerprint density at radius 2 is 1.43 bits per heavy atom. The molecule has 37 heavy (non-hydrogen) atoms. The maximum Gasteiger partial charge on any atom is 0.347 e. The molecule has 0 saturated heterocycles. The molecule has 0 heterocycles. The number of hydrogen-bond donors (Lipinski definition) is 6. The van der Waals surface area contributed by atoms with Crippen molar-refractivity contribution in [3.05, 3.63) is 64.7 Å². The van der Waals surface area contributed by atoms with Gasteiger partial charge < -0.3 is 30.8 Å². The molecule has 0 aliphatic rings. The fraction of sp³-hybridized carbons (Fsp3) is 0.400. The van der Waals surface area contributed by atoms with Crippen molar-refractivity contribution < 1.29 is 33.8 Å². The highest BCUT2D eigenvalue weighted by Gasteiger charge is 2.35. The molecule has 10 nitrogen and oxygen atoms in total. The molecule has 0 fully saturated rings. The van der Waals surface area contributed by atoms with Crippen LogP contribution in [-0.2, 0) is 31.8 Å². The Labute approximate surface area is 221 Å². The summed E-state index contributed by atoms with van der Waals surface area (Å²) in [6.07, 6.45) is 0.378. The van der Waals surface area contributed by atoms with E-state index in [1.807, 2.05) is 6.92 Å². The van der Waals surface area contributed by atoms with E-state index in [1.54, 1.807) is 43.3 Å². The molecule has 0 aliphatic heterocycles. The Bertz CT molecular complexity index is 1120. The van der Waals surface area contributed by atoms with Gasteiger partial charge in [-0.15, -0.1) is 0 Å². The van der Waals surface area contributed by atoms with Crippen molar-refractivity contribution in [3.8, 4) is 5.75 Å². The number of rotatable bonds is 12. The molecule has 3 amide bonds. The van der Waals surface area contributed by atoms with E-state index in [2.05, 4.69) is 16.0 Å². The molecule has 0 aromatic heterocycles. The summed E-state index contributed by atoms with van der Waals surface area (Å²) >= 11 is 5.88. The molecule has 0 radical (unpaired) electrons. The van der Waals surface area contributed by atoms with E-state index in [0.717, 1.165) is 0 Å². The zero-order valence-electron chi connectivity index (χ0n) is 20.8. The Hall–Kier alpha value is -2.91. The Kier molecular flexibility index (Phi) is 11.1. The van der Waals surface area contributed by atoms with Crippen LogP contribution in [-0.4, -0.2) is 50.5 Å². The van der Waals surface area contributed by atoms with Crippen molar-refractivity contribution in [1.29, 1.82) is 0 Å². The van der Waals surface area contributed by atoms with Gasteiger partial charge in [0.25, 0.3) is 0 Å². The number of carbonyl (C=O) groups is 3. The van der Waals surface area contributed by atoms with Crippen molar-refractivity contribution >= 4 is 36.9 Å². The molecule has 4 atom stereocenters. The summed E-state index contributed by atoms with van der Waals surface area (Å²) in [4.78, 5) is 58.0. The van der Waals surface area contributed by atoms with Crippen LogP contribution in [0.25, 0.3) is 0 Å². The van der Waals surface area contributed by atoms with E-state index in [0.29, 0.717) is 22.6 Å². The maximum absolute atomic E-state index is 13.3. The molecule has 2 rings (SSSR count). The summed E-state index contributed by atoms with van der Waals surface area (Å²) in [7, 11) is -4.80. The Balaban J connectivity index is 2.32. The second kappa shape index (κ2) is 13.6. The highest BCUT2D eigenvalue weighted by molar-refractivity contribution is 7.52. The van der Waals surface area contributed by atoms with E-state index in [1.165, 1.54) is 19.1 Å². The number of benzene rings is 2. The minimum absolute atomic E-state index is 0.0146. The standard InChI is InChI=1S/C25H33ClN3O7P/c1-4-15(2)23(27-16(3)30)25(33)28-21(13-17-7-11-20(31)12-8-17)24(32)29-22(37(34,35)36)14-18-5-9-19(26)10-6-18/h5-12,15,21-23,31H,4,13-14H2,1-3H3,(H,27,30)(H,28,33)(H,29,32)(H2,34,35,36)/t15-,21-,22-,23-/m0/s1. The third-order valence-corrected chi connectivity index (χ3v) is 7.30. The van der Waals surface area contributed by atoms with Crippen LogP contribution in [0.4, 0.5) is 0 Å². The molecule has 2 aromatic rings. The van der Waals surface area contributed by atoms with Gasteiger partial charge in [0.2, 0.25) is 17.7 Å². The molecule has 0 saturated carbocycles. The normalized spacial score (nSPS) is 14.6. The number of carbonyl (C=O) groups excluding carboxylic acids is 3. The van der Waals surface area contributed by atoms with E-state index < -0.39 is 43.2 Å². The first-order chi connectivity index (χ1) is 17.3. The van der Waals surface area contributed by atoms with E-state index in [-0.39, 0.29) is 24.5 Å². The Morgan fingerprint density at radius 3 is 1.95 bits per heavy atom. The highest BCUT2D eigenvalue weighted by atomic mass is 35.5. The van der Waals surface area contributed by atoms with Crippen molar-refractivity contribution in [3.63, 3.8) is 0 Å². The molecule has 0 unspecified atom stereocenters. The van der Waals surface area contributed by atoms with Crippen LogP contribution in [0.15, 0.2) is 48.5 Å². The predicted molar refractivity (Wildman–Crippen MR) is 140 cm³/mol. The number of phenolic OH excluding ortho intramolecular Hbond substituents is 1. The maximum atomic E-state index is 13.3. The van der Waals surface area contributed by atoms with Gasteiger partial charge in [0.15, 0.2) is 0 Å². The molecule has 6 N–H and O–H groups in total. The average Bonchev–Trinajstić information content (AvgIpc) is 2.83. The topological polar surface area (TPSA) is 165 Å². The fourth-order valence-electron chi connectivity index (χ4n) is 3.62. The van der Waals surface area contributed by atoms with Crippen LogP contribution in [0.1, 0.15) is 38.3 Å². The van der Waals surface area contributed by atoms with E-state index >= 15 is 0 Å². The van der Waals surface area contributed by atoms with Gasteiger partial charge in [-0.2, -0.15) is 0 Å². The molecular weight excluding hydrogens is 521 g/mol. The first kappa shape index (κ1) is 30.3. The van der Waals surface area contributed by atoms with Gasteiger partial charge >= 0.3 is 7.60 Å². The molecule has 0 spiro atoms. The van der Waals surface area contributed by atoms with Crippen LogP contribution >= 0.6 is 19.2 Å². The van der Waals surface area contributed by atoms with Crippen molar-refractivity contribution in [2.45, 2.75) is 57.9 Å². The zero-order chi connectivity index (χ0) is 27.8. The van der Waals surface area contributed by atoms with Crippen molar-refractivity contribution in [1.82, 2.24) is 16.0 Å². The summed E-state index contributed by atoms with van der Waals surface area (Å²) in [6, 6.07) is 10.2. The highest BCUT2D eigenvalue weighted by Crippen LogP contribution is 2.41. The molecular formula is C25H33ClN3O7P. The lowest BCUT2D eigenvalue weighted by Gasteiger charge is -2.28. The van der Waals surface area contributed by atoms with Crippen LogP contribution in [0.2, 0.25) is 5.02 Å². The van der Waals surface area contributed by atoms with Gasteiger partial charge in [0.05, 0.1) is 0 Å². The molecule has 0 bridgehead atoms. The zero-order valence-corrected chi connectivity index (χ0v) is 22.5. The summed E-state index contributed by atoms with van der Waals surface area (Å²) in [5.74, 6) is -3.61. The second-order valence-electron chi connectivity index (χ2n) is 8.94. The van der Waals surface area contributed by atoms with Gasteiger partial charge in [0, 0.05) is 24.8 Å². The molecule has 12 heteroatoms. The van der Waals surface area contributed by atoms with Crippen LogP contribution < -0.4 is 16.0 Å². The average molecular weight is 554 g/mol.